The van der Waals surface area contributed by atoms with Gasteiger partial charge in [0.2, 0.25) is 0 Å². The van der Waals surface area contributed by atoms with Gasteiger partial charge in [-0.1, -0.05) is 77.0 Å². The van der Waals surface area contributed by atoms with Crippen molar-refractivity contribution in [3.63, 3.8) is 0 Å². The standard InChI is InChI=1S/C18H34O2/c1(3-5-10-14-19-15-18-16-20-18)2-4-7-11-17-12-8-6-9-13-17/h17-18H,1-16H2. The van der Waals surface area contributed by atoms with Crippen LogP contribution in [0.2, 0.25) is 0 Å². The van der Waals surface area contributed by atoms with Gasteiger partial charge in [-0.15, -0.1) is 0 Å². The lowest BCUT2D eigenvalue weighted by Gasteiger charge is -2.21. The molecule has 2 fully saturated rings. The molecular formula is C18H34O2. The first-order valence-electron chi connectivity index (χ1n) is 9.14. The van der Waals surface area contributed by atoms with E-state index in [1.165, 1.54) is 83.5 Å². The average Bonchev–Trinajstić information content (AvgIpc) is 3.30. The van der Waals surface area contributed by atoms with E-state index in [9.17, 15) is 0 Å². The predicted octanol–water partition coefficient (Wildman–Crippen LogP) is 5.10. The van der Waals surface area contributed by atoms with E-state index in [1.54, 1.807) is 0 Å². The fourth-order valence-electron chi connectivity index (χ4n) is 3.38. The molecule has 2 rings (SSSR count). The second kappa shape index (κ2) is 10.6. The Morgan fingerprint density at radius 1 is 0.800 bits per heavy atom. The van der Waals surface area contributed by atoms with Crippen molar-refractivity contribution >= 4 is 0 Å². The summed E-state index contributed by atoms with van der Waals surface area (Å²) >= 11 is 0. The summed E-state index contributed by atoms with van der Waals surface area (Å²) in [6.07, 6.45) is 19.3. The summed E-state index contributed by atoms with van der Waals surface area (Å²) in [6.45, 7) is 2.67. The number of rotatable bonds is 12. The SMILES string of the molecule is C(CCCCOCC1CO1)CCCCC1CCCCC1. The molecule has 0 N–H and O–H groups in total. The molecule has 0 radical (unpaired) electrons. The normalized spacial score (nSPS) is 23.1. The van der Waals surface area contributed by atoms with Gasteiger partial charge in [-0.2, -0.15) is 0 Å². The van der Waals surface area contributed by atoms with Gasteiger partial charge in [-0.05, 0) is 12.3 Å². The van der Waals surface area contributed by atoms with Gasteiger partial charge in [0, 0.05) is 6.61 Å². The highest BCUT2D eigenvalue weighted by molar-refractivity contribution is 4.67. The lowest BCUT2D eigenvalue weighted by molar-refractivity contribution is 0.113. The maximum absolute atomic E-state index is 5.54. The molecule has 2 aliphatic rings. The molecule has 1 atom stereocenters. The van der Waals surface area contributed by atoms with E-state index >= 15 is 0 Å². The Morgan fingerprint density at radius 3 is 2.15 bits per heavy atom. The maximum atomic E-state index is 5.54. The number of hydrogen-bond donors (Lipinski definition) is 0. The van der Waals surface area contributed by atoms with Gasteiger partial charge in [0.25, 0.3) is 0 Å². The molecule has 1 unspecified atom stereocenters. The maximum Gasteiger partial charge on any atom is 0.104 e. The van der Waals surface area contributed by atoms with Crippen molar-refractivity contribution in [3.8, 4) is 0 Å². The molecular weight excluding hydrogens is 248 g/mol. The van der Waals surface area contributed by atoms with E-state index in [4.69, 9.17) is 9.47 Å². The molecule has 0 aromatic rings. The average molecular weight is 282 g/mol. The molecule has 0 amide bonds. The molecule has 0 bridgehead atoms. The summed E-state index contributed by atoms with van der Waals surface area (Å²) in [5.74, 6) is 1.08. The summed E-state index contributed by atoms with van der Waals surface area (Å²) in [5.41, 5.74) is 0. The van der Waals surface area contributed by atoms with Crippen molar-refractivity contribution < 1.29 is 9.47 Å². The van der Waals surface area contributed by atoms with Crippen LogP contribution in [0.4, 0.5) is 0 Å². The fourth-order valence-corrected chi connectivity index (χ4v) is 3.38. The van der Waals surface area contributed by atoms with Crippen LogP contribution >= 0.6 is 0 Å². The molecule has 0 aromatic carbocycles. The van der Waals surface area contributed by atoms with Crippen LogP contribution in [0.5, 0.6) is 0 Å². The lowest BCUT2D eigenvalue weighted by atomic mass is 9.85. The van der Waals surface area contributed by atoms with Crippen LogP contribution in [0.3, 0.4) is 0 Å². The molecule has 1 aliphatic heterocycles. The summed E-state index contributed by atoms with van der Waals surface area (Å²) in [4.78, 5) is 0. The molecule has 2 nitrogen and oxygen atoms in total. The third-order valence-corrected chi connectivity index (χ3v) is 4.83. The van der Waals surface area contributed by atoms with Gasteiger partial charge < -0.3 is 9.47 Å². The highest BCUT2D eigenvalue weighted by Crippen LogP contribution is 2.28. The van der Waals surface area contributed by atoms with Gasteiger partial charge in [0.1, 0.15) is 6.10 Å². The predicted molar refractivity (Wildman–Crippen MR) is 84.1 cm³/mol. The van der Waals surface area contributed by atoms with E-state index < -0.39 is 0 Å². The molecule has 0 spiro atoms. The first kappa shape index (κ1) is 16.3. The molecule has 0 aromatic heterocycles. The third-order valence-electron chi connectivity index (χ3n) is 4.83. The van der Waals surface area contributed by atoms with Crippen molar-refractivity contribution in [2.75, 3.05) is 19.8 Å². The monoisotopic (exact) mass is 282 g/mol. The van der Waals surface area contributed by atoms with Crippen LogP contribution in [-0.2, 0) is 9.47 Å². The minimum absolute atomic E-state index is 0.430. The van der Waals surface area contributed by atoms with Gasteiger partial charge in [-0.3, -0.25) is 0 Å². The van der Waals surface area contributed by atoms with E-state index in [0.717, 1.165) is 25.7 Å². The van der Waals surface area contributed by atoms with Crippen LogP contribution in [0.25, 0.3) is 0 Å². The second-order valence-electron chi connectivity index (χ2n) is 6.80. The van der Waals surface area contributed by atoms with Crippen LogP contribution in [0.1, 0.15) is 83.5 Å². The van der Waals surface area contributed by atoms with E-state index in [1.807, 2.05) is 0 Å². The van der Waals surface area contributed by atoms with Crippen molar-refractivity contribution in [1.82, 2.24) is 0 Å². The molecule has 20 heavy (non-hydrogen) atoms. The minimum atomic E-state index is 0.430. The third kappa shape index (κ3) is 8.26. The Hall–Kier alpha value is -0.0800. The van der Waals surface area contributed by atoms with Crippen LogP contribution < -0.4 is 0 Å². The number of ether oxygens (including phenoxy) is 2. The Bertz CT molecular complexity index is 219. The summed E-state index contributed by atoms with van der Waals surface area (Å²) in [7, 11) is 0. The first-order chi connectivity index (χ1) is 9.95. The zero-order valence-electron chi connectivity index (χ0n) is 13.3. The second-order valence-corrected chi connectivity index (χ2v) is 6.80. The molecule has 1 heterocycles. The highest BCUT2D eigenvalue weighted by atomic mass is 16.6. The summed E-state index contributed by atoms with van der Waals surface area (Å²) in [6, 6.07) is 0. The Labute approximate surface area is 125 Å². The van der Waals surface area contributed by atoms with Crippen molar-refractivity contribution in [1.29, 1.82) is 0 Å². The molecule has 1 saturated heterocycles. The fraction of sp³-hybridized carbons (Fsp3) is 1.00. The first-order valence-corrected chi connectivity index (χ1v) is 9.14. The summed E-state index contributed by atoms with van der Waals surface area (Å²) < 4.78 is 10.7. The van der Waals surface area contributed by atoms with Gasteiger partial charge in [0.05, 0.1) is 13.2 Å². The quantitative estimate of drug-likeness (QED) is 0.367. The Kier molecular flexibility index (Phi) is 8.65. The van der Waals surface area contributed by atoms with Crippen molar-refractivity contribution in [2.24, 2.45) is 5.92 Å². The number of hydrogen-bond acceptors (Lipinski definition) is 2. The Morgan fingerprint density at radius 2 is 1.45 bits per heavy atom. The van der Waals surface area contributed by atoms with E-state index in [2.05, 4.69) is 0 Å². The van der Waals surface area contributed by atoms with Crippen molar-refractivity contribution in [3.05, 3.63) is 0 Å². The van der Waals surface area contributed by atoms with Gasteiger partial charge >= 0.3 is 0 Å². The van der Waals surface area contributed by atoms with E-state index in [-0.39, 0.29) is 0 Å². The summed E-state index contributed by atoms with van der Waals surface area (Å²) in [5, 5.41) is 0. The van der Waals surface area contributed by atoms with Gasteiger partial charge in [-0.25, -0.2) is 0 Å². The molecule has 1 aliphatic carbocycles. The zero-order valence-corrected chi connectivity index (χ0v) is 13.3. The lowest BCUT2D eigenvalue weighted by Crippen LogP contribution is -2.05. The van der Waals surface area contributed by atoms with Crippen LogP contribution in [0.15, 0.2) is 0 Å². The number of epoxide rings is 1. The van der Waals surface area contributed by atoms with Crippen LogP contribution in [-0.4, -0.2) is 25.9 Å². The van der Waals surface area contributed by atoms with Crippen LogP contribution in [0, 0.1) is 5.92 Å². The minimum Gasteiger partial charge on any atom is -0.379 e. The smallest absolute Gasteiger partial charge is 0.104 e. The van der Waals surface area contributed by atoms with E-state index in [0.29, 0.717) is 6.10 Å². The highest BCUT2D eigenvalue weighted by Gasteiger charge is 2.21. The Balaban J connectivity index is 1.24. The number of unbranched alkanes of at least 4 members (excludes halogenated alkanes) is 6. The molecule has 118 valence electrons. The zero-order chi connectivity index (χ0) is 13.9. The topological polar surface area (TPSA) is 21.8 Å². The van der Waals surface area contributed by atoms with Crippen molar-refractivity contribution in [2.45, 2.75) is 89.6 Å². The molecule has 1 saturated carbocycles. The largest absolute Gasteiger partial charge is 0.379 e. The molecule has 2 heteroatoms. The van der Waals surface area contributed by atoms with Gasteiger partial charge in [0.15, 0.2) is 0 Å².